The Morgan fingerprint density at radius 3 is 2.60 bits per heavy atom. The summed E-state index contributed by atoms with van der Waals surface area (Å²) in [4.78, 5) is 45.6. The van der Waals surface area contributed by atoms with Gasteiger partial charge in [0.05, 0.1) is 24.5 Å². The molecule has 5 aliphatic heterocycles. The van der Waals surface area contributed by atoms with Gasteiger partial charge in [-0.25, -0.2) is 9.18 Å². The van der Waals surface area contributed by atoms with Crippen LogP contribution < -0.4 is 21.3 Å². The summed E-state index contributed by atoms with van der Waals surface area (Å²) >= 11 is 7.19. The maximum Gasteiger partial charge on any atom is 0.320 e. The highest BCUT2D eigenvalue weighted by Crippen LogP contribution is 2.42. The number of hydrogen-bond acceptors (Lipinski definition) is 7. The van der Waals surface area contributed by atoms with Crippen LogP contribution in [0, 0.1) is 17.8 Å². The van der Waals surface area contributed by atoms with Gasteiger partial charge < -0.3 is 30.5 Å². The van der Waals surface area contributed by atoms with Crippen LogP contribution >= 0.6 is 11.6 Å². The van der Waals surface area contributed by atoms with Crippen LogP contribution in [0.15, 0.2) is 12.7 Å². The third kappa shape index (κ3) is 5.90. The smallest absolute Gasteiger partial charge is 0.320 e. The minimum atomic E-state index is -1.12. The fraction of sp³-hybridized carbons (Fsp3) is 0.833. The summed E-state index contributed by atoms with van der Waals surface area (Å²) in [5.74, 6) is -0.759. The standard InChI is InChI=1S/C30H47ClFN7O4/c1-4-23(41)37-10-12-38(13-11-37)28-17-14-18(31)26-24-19(32)6-5-7-20(24)34-22(40)15-43-21-8-9-33-25(16(2)3)27(21)39(29(17)35-26)30(42)36-28/h4,16-21,24-29,33,35H,1,5-15H2,2-3H3,(H,34,40)(H,36,42). The molecule has 43 heavy (non-hydrogen) atoms. The number of fused-ring (bicyclic) bond motifs is 5. The number of piperidine rings is 2. The van der Waals surface area contributed by atoms with Gasteiger partial charge in [-0.2, -0.15) is 0 Å². The largest absolute Gasteiger partial charge is 0.366 e. The average Bonchev–Trinajstić information content (AvgIpc) is 2.99. The van der Waals surface area contributed by atoms with Crippen LogP contribution in [0.5, 0.6) is 0 Å². The van der Waals surface area contributed by atoms with E-state index in [1.54, 1.807) is 4.90 Å². The molecule has 13 heteroatoms. The van der Waals surface area contributed by atoms with Crippen molar-refractivity contribution in [1.82, 2.24) is 36.0 Å². The van der Waals surface area contributed by atoms with Crippen LogP contribution in [0.3, 0.4) is 0 Å². The Morgan fingerprint density at radius 2 is 1.88 bits per heavy atom. The normalized spacial score (nSPS) is 42.5. The maximum absolute atomic E-state index is 15.8. The molecule has 5 saturated heterocycles. The molecular weight excluding hydrogens is 577 g/mol. The Morgan fingerprint density at radius 1 is 1.12 bits per heavy atom. The fourth-order valence-corrected chi connectivity index (χ4v) is 9.14. The number of halogens is 2. The van der Waals surface area contributed by atoms with Gasteiger partial charge in [-0.05, 0) is 50.6 Å². The summed E-state index contributed by atoms with van der Waals surface area (Å²) in [6, 6.07) is -1.40. The molecule has 0 spiro atoms. The predicted octanol–water partition coefficient (Wildman–Crippen LogP) is 0.988. The zero-order valence-electron chi connectivity index (χ0n) is 25.2. The van der Waals surface area contributed by atoms with E-state index in [1.807, 2.05) is 4.90 Å². The molecule has 0 radical (unpaired) electrons. The van der Waals surface area contributed by atoms with Gasteiger partial charge >= 0.3 is 6.03 Å². The number of alkyl halides is 2. The number of carbonyl (C=O) groups excluding carboxylic acids is 3. The van der Waals surface area contributed by atoms with Crippen molar-refractivity contribution < 1.29 is 23.5 Å². The van der Waals surface area contributed by atoms with Gasteiger partial charge in [-0.15, -0.1) is 11.6 Å². The molecule has 2 bridgehead atoms. The Bertz CT molecular complexity index is 1080. The number of piperazine rings is 1. The first-order chi connectivity index (χ1) is 20.7. The van der Waals surface area contributed by atoms with E-state index in [0.717, 1.165) is 6.54 Å². The molecule has 240 valence electrons. The van der Waals surface area contributed by atoms with Gasteiger partial charge in [-0.3, -0.25) is 19.8 Å². The molecule has 5 heterocycles. The van der Waals surface area contributed by atoms with Crippen LogP contribution in [0.25, 0.3) is 0 Å². The number of nitrogens with zero attached hydrogens (tertiary/aromatic N) is 3. The van der Waals surface area contributed by atoms with Crippen molar-refractivity contribution in [2.24, 2.45) is 17.8 Å². The van der Waals surface area contributed by atoms with Crippen molar-refractivity contribution in [2.75, 3.05) is 39.3 Å². The highest BCUT2D eigenvalue weighted by atomic mass is 35.5. The molecule has 6 rings (SSSR count). The molecule has 4 amide bonds. The number of hydrogen-bond donors (Lipinski definition) is 4. The summed E-state index contributed by atoms with van der Waals surface area (Å²) in [6.07, 6.45) is 2.19. The van der Waals surface area contributed by atoms with Gasteiger partial charge in [-0.1, -0.05) is 20.4 Å². The summed E-state index contributed by atoms with van der Waals surface area (Å²) in [7, 11) is 0. The van der Waals surface area contributed by atoms with Crippen molar-refractivity contribution in [3.05, 3.63) is 12.7 Å². The molecule has 6 fully saturated rings. The summed E-state index contributed by atoms with van der Waals surface area (Å²) in [5.41, 5.74) is 0. The van der Waals surface area contributed by atoms with Crippen LogP contribution in [0.4, 0.5) is 9.18 Å². The molecule has 6 aliphatic rings. The molecule has 11 nitrogen and oxygen atoms in total. The lowest BCUT2D eigenvalue weighted by Crippen LogP contribution is -2.80. The Hall–Kier alpha value is -1.99. The summed E-state index contributed by atoms with van der Waals surface area (Å²) in [6.45, 7) is 10.8. The second-order valence-corrected chi connectivity index (χ2v) is 14.0. The molecule has 1 saturated carbocycles. The number of ether oxygens (including phenoxy) is 1. The molecule has 11 atom stereocenters. The molecule has 4 N–H and O–H groups in total. The molecule has 0 aromatic rings. The van der Waals surface area contributed by atoms with Crippen LogP contribution in [-0.4, -0.2) is 126 Å². The van der Waals surface area contributed by atoms with Gasteiger partial charge in [0, 0.05) is 61.5 Å². The van der Waals surface area contributed by atoms with Crippen molar-refractivity contribution >= 4 is 29.4 Å². The lowest BCUT2D eigenvalue weighted by molar-refractivity contribution is -0.139. The van der Waals surface area contributed by atoms with Crippen LogP contribution in [0.2, 0.25) is 0 Å². The first-order valence-electron chi connectivity index (χ1n) is 16.1. The number of carbonyl (C=O) groups is 3. The molecule has 11 unspecified atom stereocenters. The number of rotatable bonds is 3. The number of amides is 4. The van der Waals surface area contributed by atoms with E-state index in [9.17, 15) is 14.4 Å². The number of urea groups is 1. The zero-order valence-corrected chi connectivity index (χ0v) is 26.0. The maximum atomic E-state index is 15.8. The predicted molar refractivity (Wildman–Crippen MR) is 160 cm³/mol. The lowest BCUT2D eigenvalue weighted by Gasteiger charge is -2.59. The highest BCUT2D eigenvalue weighted by Gasteiger charge is 2.57. The van der Waals surface area contributed by atoms with Gasteiger partial charge in [0.1, 0.15) is 12.8 Å². The second-order valence-electron chi connectivity index (χ2n) is 13.5. The van der Waals surface area contributed by atoms with E-state index in [4.69, 9.17) is 16.3 Å². The summed E-state index contributed by atoms with van der Waals surface area (Å²) < 4.78 is 22.1. The Kier molecular flexibility index (Phi) is 9.22. The van der Waals surface area contributed by atoms with Crippen molar-refractivity contribution in [2.45, 2.75) is 100 Å². The number of nitrogens with one attached hydrogen (secondary N) is 4. The van der Waals surface area contributed by atoms with E-state index < -0.39 is 29.7 Å². The quantitative estimate of drug-likeness (QED) is 0.274. The first kappa shape index (κ1) is 31.0. The minimum absolute atomic E-state index is 0.0634. The SMILES string of the molecule is C=CC(=O)N1CCN(C2NC(=O)N3C4NC(C(Cl)CC24)C2C(F)CCCC2NC(=O)COC2CCNC(C(C)C)C23)CC1. The minimum Gasteiger partial charge on any atom is -0.366 e. The monoisotopic (exact) mass is 623 g/mol. The highest BCUT2D eigenvalue weighted by molar-refractivity contribution is 6.21. The van der Waals surface area contributed by atoms with E-state index in [-0.39, 0.29) is 66.7 Å². The van der Waals surface area contributed by atoms with Crippen molar-refractivity contribution in [3.8, 4) is 0 Å². The van der Waals surface area contributed by atoms with Crippen LogP contribution in [0.1, 0.15) is 46.0 Å². The Balaban J connectivity index is 1.37. The van der Waals surface area contributed by atoms with E-state index in [1.165, 1.54) is 6.08 Å². The summed E-state index contributed by atoms with van der Waals surface area (Å²) in [5, 5.41) is 13.4. The van der Waals surface area contributed by atoms with Crippen molar-refractivity contribution in [1.29, 1.82) is 0 Å². The van der Waals surface area contributed by atoms with E-state index >= 15 is 4.39 Å². The molecule has 0 aromatic heterocycles. The fourth-order valence-electron chi connectivity index (χ4n) is 8.69. The Labute approximate surface area is 258 Å². The zero-order chi connectivity index (χ0) is 30.4. The van der Waals surface area contributed by atoms with Gasteiger partial charge in [0.2, 0.25) is 11.8 Å². The topological polar surface area (TPSA) is 118 Å². The average molecular weight is 624 g/mol. The van der Waals surface area contributed by atoms with Crippen LogP contribution in [-0.2, 0) is 14.3 Å². The second kappa shape index (κ2) is 12.8. The van der Waals surface area contributed by atoms with Gasteiger partial charge in [0.25, 0.3) is 0 Å². The lowest BCUT2D eigenvalue weighted by atomic mass is 9.72. The first-order valence-corrected chi connectivity index (χ1v) is 16.5. The van der Waals surface area contributed by atoms with Crippen molar-refractivity contribution in [3.63, 3.8) is 0 Å². The van der Waals surface area contributed by atoms with E-state index in [2.05, 4.69) is 46.6 Å². The molecule has 0 aromatic carbocycles. The van der Waals surface area contributed by atoms with Gasteiger partial charge in [0.15, 0.2) is 0 Å². The molecular formula is C30H47ClFN7O4. The third-order valence-corrected chi connectivity index (χ3v) is 11.2. The molecule has 1 aliphatic carbocycles. The third-order valence-electron chi connectivity index (χ3n) is 10.7. The van der Waals surface area contributed by atoms with E-state index in [0.29, 0.717) is 58.3 Å².